The lowest BCUT2D eigenvalue weighted by atomic mass is 9.86. The van der Waals surface area contributed by atoms with Gasteiger partial charge in [-0.3, -0.25) is 0 Å². The third-order valence-electron chi connectivity index (χ3n) is 3.78. The van der Waals surface area contributed by atoms with Gasteiger partial charge in [0.2, 0.25) is 5.95 Å². The lowest BCUT2D eigenvalue weighted by Gasteiger charge is -2.26. The minimum atomic E-state index is 0.219. The van der Waals surface area contributed by atoms with Crippen LogP contribution in [-0.4, -0.2) is 9.55 Å². The van der Waals surface area contributed by atoms with E-state index in [2.05, 4.69) is 30.3 Å². The summed E-state index contributed by atoms with van der Waals surface area (Å²) in [6, 6.07) is 5.77. The molecule has 0 radical (unpaired) electrons. The molecule has 0 aliphatic carbocycles. The van der Waals surface area contributed by atoms with E-state index in [0.717, 1.165) is 17.6 Å². The molecule has 3 nitrogen and oxygen atoms in total. The first-order valence-electron chi connectivity index (χ1n) is 7.34. The smallest absolute Gasteiger partial charge is 0.201 e. The average Bonchev–Trinajstić information content (AvgIpc) is 2.65. The van der Waals surface area contributed by atoms with Gasteiger partial charge in [0.15, 0.2) is 0 Å². The predicted octanol–water partition coefficient (Wildman–Crippen LogP) is 4.88. The van der Waals surface area contributed by atoms with Crippen LogP contribution in [0.3, 0.4) is 0 Å². The van der Waals surface area contributed by atoms with Gasteiger partial charge in [-0.2, -0.15) is 0 Å². The fourth-order valence-electron chi connectivity index (χ4n) is 2.65. The number of nitrogen functional groups attached to an aromatic ring is 1. The monoisotopic (exact) mass is 293 g/mol. The first kappa shape index (κ1) is 15.2. The molecule has 2 rings (SSSR count). The maximum Gasteiger partial charge on any atom is 0.201 e. The van der Waals surface area contributed by atoms with Crippen LogP contribution in [0.4, 0.5) is 5.95 Å². The van der Waals surface area contributed by atoms with E-state index in [4.69, 9.17) is 17.3 Å². The largest absolute Gasteiger partial charge is 0.369 e. The summed E-state index contributed by atoms with van der Waals surface area (Å²) in [5.74, 6) is 0.575. The van der Waals surface area contributed by atoms with E-state index in [0.29, 0.717) is 11.0 Å². The Bertz CT molecular complexity index is 587. The highest BCUT2D eigenvalue weighted by Gasteiger charge is 2.21. The van der Waals surface area contributed by atoms with Gasteiger partial charge in [0.25, 0.3) is 0 Å². The van der Waals surface area contributed by atoms with E-state index in [1.54, 1.807) is 0 Å². The number of hydrogen-bond acceptors (Lipinski definition) is 2. The SMILES string of the molecule is CCCCCC(C)(C)Cn1c(N)nc2cc(Cl)ccc21. The van der Waals surface area contributed by atoms with Gasteiger partial charge in [-0.15, -0.1) is 0 Å². The molecule has 0 fully saturated rings. The van der Waals surface area contributed by atoms with Crippen molar-refractivity contribution in [3.8, 4) is 0 Å². The lowest BCUT2D eigenvalue weighted by molar-refractivity contribution is 0.276. The molecule has 4 heteroatoms. The van der Waals surface area contributed by atoms with Crippen molar-refractivity contribution in [1.82, 2.24) is 9.55 Å². The number of halogens is 1. The van der Waals surface area contributed by atoms with Crippen molar-refractivity contribution in [3.05, 3.63) is 23.2 Å². The molecule has 2 N–H and O–H groups in total. The van der Waals surface area contributed by atoms with Crippen LogP contribution in [0.2, 0.25) is 5.02 Å². The Labute approximate surface area is 126 Å². The summed E-state index contributed by atoms with van der Waals surface area (Å²) in [7, 11) is 0. The second-order valence-corrected chi connectivity index (χ2v) is 6.75. The predicted molar refractivity (Wildman–Crippen MR) is 87.1 cm³/mol. The minimum Gasteiger partial charge on any atom is -0.369 e. The van der Waals surface area contributed by atoms with Gasteiger partial charge in [-0.05, 0) is 30.0 Å². The van der Waals surface area contributed by atoms with Crippen LogP contribution in [0, 0.1) is 5.41 Å². The highest BCUT2D eigenvalue weighted by Crippen LogP contribution is 2.30. The summed E-state index contributed by atoms with van der Waals surface area (Å²) in [6.07, 6.45) is 5.01. The molecule has 0 amide bonds. The molecule has 1 aromatic carbocycles. The van der Waals surface area contributed by atoms with Gasteiger partial charge in [0, 0.05) is 11.6 Å². The topological polar surface area (TPSA) is 43.8 Å². The molecule has 0 bridgehead atoms. The van der Waals surface area contributed by atoms with Crippen LogP contribution >= 0.6 is 11.6 Å². The Morgan fingerprint density at radius 2 is 2.05 bits per heavy atom. The van der Waals surface area contributed by atoms with Crippen LogP contribution in [0.15, 0.2) is 18.2 Å². The van der Waals surface area contributed by atoms with E-state index in [-0.39, 0.29) is 5.41 Å². The standard InChI is InChI=1S/C16H24ClN3/c1-4-5-6-9-16(2,3)11-20-14-8-7-12(17)10-13(14)19-15(20)18/h7-8,10H,4-6,9,11H2,1-3H3,(H2,18,19). The van der Waals surface area contributed by atoms with E-state index in [1.165, 1.54) is 25.7 Å². The molecule has 0 atom stereocenters. The Hall–Kier alpha value is -1.22. The van der Waals surface area contributed by atoms with Gasteiger partial charge in [-0.25, -0.2) is 4.98 Å². The van der Waals surface area contributed by atoms with Crippen molar-refractivity contribution >= 4 is 28.6 Å². The number of hydrogen-bond donors (Lipinski definition) is 1. The summed E-state index contributed by atoms with van der Waals surface area (Å²) in [6.45, 7) is 7.71. The molecule has 0 saturated heterocycles. The van der Waals surface area contributed by atoms with Crippen molar-refractivity contribution in [3.63, 3.8) is 0 Å². The maximum atomic E-state index is 6.07. The summed E-state index contributed by atoms with van der Waals surface area (Å²) in [5, 5.41) is 0.698. The van der Waals surface area contributed by atoms with Crippen molar-refractivity contribution in [1.29, 1.82) is 0 Å². The fourth-order valence-corrected chi connectivity index (χ4v) is 2.81. The van der Waals surface area contributed by atoms with E-state index >= 15 is 0 Å². The maximum absolute atomic E-state index is 6.07. The Morgan fingerprint density at radius 3 is 2.75 bits per heavy atom. The summed E-state index contributed by atoms with van der Waals surface area (Å²) in [4.78, 5) is 4.41. The Kier molecular flexibility index (Phi) is 4.59. The zero-order chi connectivity index (χ0) is 14.8. The number of rotatable bonds is 6. The van der Waals surface area contributed by atoms with Crippen LogP contribution in [0.25, 0.3) is 11.0 Å². The molecule has 1 heterocycles. The summed E-state index contributed by atoms with van der Waals surface area (Å²) >= 11 is 6.01. The molecule has 2 aromatic rings. The Morgan fingerprint density at radius 1 is 1.30 bits per heavy atom. The number of benzene rings is 1. The molecular formula is C16H24ClN3. The van der Waals surface area contributed by atoms with Gasteiger partial charge in [0.1, 0.15) is 0 Å². The van der Waals surface area contributed by atoms with Crippen LogP contribution in [-0.2, 0) is 6.54 Å². The number of anilines is 1. The van der Waals surface area contributed by atoms with E-state index in [1.807, 2.05) is 18.2 Å². The third kappa shape index (κ3) is 3.45. The van der Waals surface area contributed by atoms with E-state index in [9.17, 15) is 0 Å². The van der Waals surface area contributed by atoms with Gasteiger partial charge >= 0.3 is 0 Å². The van der Waals surface area contributed by atoms with E-state index < -0.39 is 0 Å². The zero-order valence-corrected chi connectivity index (χ0v) is 13.4. The number of nitrogens with zero attached hydrogens (tertiary/aromatic N) is 2. The molecule has 0 unspecified atom stereocenters. The van der Waals surface area contributed by atoms with Crippen molar-refractivity contribution in [2.24, 2.45) is 5.41 Å². The van der Waals surface area contributed by atoms with Crippen LogP contribution < -0.4 is 5.73 Å². The van der Waals surface area contributed by atoms with Crippen LogP contribution in [0.1, 0.15) is 46.5 Å². The molecule has 0 saturated carbocycles. The summed E-state index contributed by atoms with van der Waals surface area (Å²) < 4.78 is 2.11. The molecule has 110 valence electrons. The molecule has 0 aliphatic heterocycles. The van der Waals surface area contributed by atoms with Crippen molar-refractivity contribution in [2.75, 3.05) is 5.73 Å². The normalized spacial score (nSPS) is 12.2. The van der Waals surface area contributed by atoms with Crippen LogP contribution in [0.5, 0.6) is 0 Å². The zero-order valence-electron chi connectivity index (χ0n) is 12.6. The molecule has 0 spiro atoms. The number of nitrogens with two attached hydrogens (primary N) is 1. The Balaban J connectivity index is 2.22. The molecule has 20 heavy (non-hydrogen) atoms. The first-order valence-corrected chi connectivity index (χ1v) is 7.72. The van der Waals surface area contributed by atoms with Gasteiger partial charge < -0.3 is 10.3 Å². The number of fused-ring (bicyclic) bond motifs is 1. The lowest BCUT2D eigenvalue weighted by Crippen LogP contribution is -2.20. The quantitative estimate of drug-likeness (QED) is 0.772. The number of unbranched alkanes of at least 4 members (excludes halogenated alkanes) is 2. The highest BCUT2D eigenvalue weighted by atomic mass is 35.5. The molecule has 0 aliphatic rings. The number of aromatic nitrogens is 2. The average molecular weight is 294 g/mol. The van der Waals surface area contributed by atoms with Gasteiger partial charge in [-0.1, -0.05) is 51.6 Å². The minimum absolute atomic E-state index is 0.219. The third-order valence-corrected chi connectivity index (χ3v) is 4.02. The second kappa shape index (κ2) is 6.04. The van der Waals surface area contributed by atoms with Crippen molar-refractivity contribution in [2.45, 2.75) is 53.0 Å². The molecular weight excluding hydrogens is 270 g/mol. The summed E-state index contributed by atoms with van der Waals surface area (Å²) in [5.41, 5.74) is 8.23. The van der Waals surface area contributed by atoms with Crippen molar-refractivity contribution < 1.29 is 0 Å². The van der Waals surface area contributed by atoms with Gasteiger partial charge in [0.05, 0.1) is 11.0 Å². The second-order valence-electron chi connectivity index (χ2n) is 6.31. The molecule has 1 aromatic heterocycles. The fraction of sp³-hybridized carbons (Fsp3) is 0.562. The first-order chi connectivity index (χ1) is 9.43. The highest BCUT2D eigenvalue weighted by molar-refractivity contribution is 6.31. The number of imidazole rings is 1.